The molecule has 1 atom stereocenters. The molecule has 3 aromatic rings. The van der Waals surface area contributed by atoms with E-state index in [0.717, 1.165) is 29.1 Å². The Morgan fingerprint density at radius 1 is 1.41 bits per heavy atom. The second-order valence-corrected chi connectivity index (χ2v) is 7.69. The third kappa shape index (κ3) is 3.68. The van der Waals surface area contributed by atoms with E-state index in [1.54, 1.807) is 30.8 Å². The van der Waals surface area contributed by atoms with Crippen molar-refractivity contribution < 1.29 is 4.79 Å². The Balaban J connectivity index is 1.36. The number of aromatic amines is 1. The average molecular weight is 384 g/mol. The van der Waals surface area contributed by atoms with E-state index in [9.17, 15) is 9.59 Å². The molecule has 3 heterocycles. The van der Waals surface area contributed by atoms with Crippen LogP contribution in [-0.2, 0) is 31.1 Å². The first kappa shape index (κ1) is 17.6. The summed E-state index contributed by atoms with van der Waals surface area (Å²) in [6, 6.07) is 3.91. The Morgan fingerprint density at radius 2 is 2.22 bits per heavy atom. The first-order valence-corrected chi connectivity index (χ1v) is 9.70. The summed E-state index contributed by atoms with van der Waals surface area (Å²) in [5.74, 6) is 0.611. The normalized spacial score (nSPS) is 16.1. The molecule has 0 radical (unpaired) electrons. The maximum atomic E-state index is 12.5. The Morgan fingerprint density at radius 3 is 2.96 bits per heavy atom. The zero-order valence-electron chi connectivity index (χ0n) is 14.9. The third-order valence-electron chi connectivity index (χ3n) is 4.86. The molecule has 0 spiro atoms. The molecule has 3 aromatic heterocycles. The molecule has 1 unspecified atom stereocenters. The Bertz CT molecular complexity index is 1010. The predicted molar refractivity (Wildman–Crippen MR) is 101 cm³/mol. The van der Waals surface area contributed by atoms with Crippen LogP contribution in [0.5, 0.6) is 0 Å². The summed E-state index contributed by atoms with van der Waals surface area (Å²) in [4.78, 5) is 34.0. The van der Waals surface area contributed by atoms with Crippen molar-refractivity contribution in [3.8, 4) is 10.6 Å². The van der Waals surface area contributed by atoms with Gasteiger partial charge in [-0.05, 0) is 25.0 Å². The summed E-state index contributed by atoms with van der Waals surface area (Å²) in [5, 5.41) is 10.3. The fourth-order valence-electron chi connectivity index (χ4n) is 3.27. The summed E-state index contributed by atoms with van der Waals surface area (Å²) >= 11 is 1.71. The van der Waals surface area contributed by atoms with Crippen molar-refractivity contribution in [2.75, 3.05) is 6.54 Å². The highest BCUT2D eigenvalue weighted by Crippen LogP contribution is 2.34. The zero-order valence-corrected chi connectivity index (χ0v) is 15.8. The number of H-pyrrole nitrogens is 1. The van der Waals surface area contributed by atoms with Crippen LogP contribution in [0.1, 0.15) is 22.8 Å². The summed E-state index contributed by atoms with van der Waals surface area (Å²) in [5.41, 5.74) is 1.85. The van der Waals surface area contributed by atoms with E-state index in [1.165, 1.54) is 9.44 Å². The number of pyridine rings is 1. The van der Waals surface area contributed by atoms with Crippen LogP contribution < -0.4 is 11.0 Å². The number of nitrogens with one attached hydrogen (secondary N) is 2. The summed E-state index contributed by atoms with van der Waals surface area (Å²) in [6.45, 7) is 0.458. The highest BCUT2D eigenvalue weighted by molar-refractivity contribution is 7.15. The van der Waals surface area contributed by atoms with E-state index in [1.807, 2.05) is 12.1 Å². The van der Waals surface area contributed by atoms with Gasteiger partial charge in [-0.15, -0.1) is 11.3 Å². The smallest absolute Gasteiger partial charge is 0.343 e. The van der Waals surface area contributed by atoms with E-state index in [0.29, 0.717) is 25.2 Å². The molecular formula is C18H20N6O2S. The van der Waals surface area contributed by atoms with E-state index < -0.39 is 0 Å². The number of aromatic nitrogens is 5. The minimum absolute atomic E-state index is 0.0413. The molecule has 2 N–H and O–H groups in total. The van der Waals surface area contributed by atoms with Crippen LogP contribution in [0, 0.1) is 5.92 Å². The van der Waals surface area contributed by atoms with Crippen molar-refractivity contribution in [2.24, 2.45) is 13.0 Å². The van der Waals surface area contributed by atoms with Gasteiger partial charge in [0.1, 0.15) is 10.8 Å². The number of rotatable bonds is 5. The summed E-state index contributed by atoms with van der Waals surface area (Å²) in [6.07, 6.45) is 6.43. The molecule has 1 aliphatic rings. The molecule has 0 aliphatic heterocycles. The van der Waals surface area contributed by atoms with Crippen molar-refractivity contribution in [1.82, 2.24) is 30.0 Å². The van der Waals surface area contributed by atoms with Gasteiger partial charge in [0.25, 0.3) is 0 Å². The SMILES string of the molecule is Cn1c(CCNC(=O)C2CCc3sc(-c4ccncc4)nc3C2)n[nH]c1=O. The lowest BCUT2D eigenvalue weighted by molar-refractivity contribution is -0.125. The standard InChI is InChI=1S/C18H20N6O2S/c1-24-15(22-23-18(24)26)6-9-20-16(25)12-2-3-14-13(10-12)21-17(27-14)11-4-7-19-8-5-11/h4-5,7-8,12H,2-3,6,9-10H2,1H3,(H,20,25)(H,23,26). The van der Waals surface area contributed by atoms with Gasteiger partial charge in [0, 0.05) is 55.2 Å². The number of amides is 1. The lowest BCUT2D eigenvalue weighted by atomic mass is 9.90. The van der Waals surface area contributed by atoms with Gasteiger partial charge in [0.05, 0.1) is 5.69 Å². The third-order valence-corrected chi connectivity index (χ3v) is 6.06. The number of nitrogens with zero attached hydrogens (tertiary/aromatic N) is 4. The van der Waals surface area contributed by atoms with Crippen LogP contribution >= 0.6 is 11.3 Å². The van der Waals surface area contributed by atoms with E-state index in [4.69, 9.17) is 4.98 Å². The molecule has 8 nitrogen and oxygen atoms in total. The van der Waals surface area contributed by atoms with E-state index in [-0.39, 0.29) is 17.5 Å². The van der Waals surface area contributed by atoms with Gasteiger partial charge in [-0.3, -0.25) is 14.3 Å². The predicted octanol–water partition coefficient (Wildman–Crippen LogP) is 1.09. The summed E-state index contributed by atoms with van der Waals surface area (Å²) < 4.78 is 1.45. The number of aryl methyl sites for hydroxylation is 1. The van der Waals surface area contributed by atoms with Crippen LogP contribution in [-0.4, -0.2) is 37.2 Å². The highest BCUT2D eigenvalue weighted by Gasteiger charge is 2.27. The topological polar surface area (TPSA) is 106 Å². The zero-order chi connectivity index (χ0) is 18.8. The molecule has 9 heteroatoms. The minimum Gasteiger partial charge on any atom is -0.355 e. The molecule has 0 saturated heterocycles. The van der Waals surface area contributed by atoms with Crippen LogP contribution in [0.25, 0.3) is 10.6 Å². The highest BCUT2D eigenvalue weighted by atomic mass is 32.1. The molecule has 0 fully saturated rings. The number of thiazole rings is 1. The van der Waals surface area contributed by atoms with Gasteiger partial charge in [0.2, 0.25) is 5.91 Å². The Kier molecular flexibility index (Phi) is 4.85. The van der Waals surface area contributed by atoms with Gasteiger partial charge in [-0.2, -0.15) is 5.10 Å². The number of fused-ring (bicyclic) bond motifs is 1. The van der Waals surface area contributed by atoms with Crippen molar-refractivity contribution >= 4 is 17.2 Å². The van der Waals surface area contributed by atoms with Crippen LogP contribution in [0.15, 0.2) is 29.3 Å². The molecule has 4 rings (SSSR count). The van der Waals surface area contributed by atoms with E-state index in [2.05, 4.69) is 20.5 Å². The Hall–Kier alpha value is -2.81. The second kappa shape index (κ2) is 7.43. The maximum absolute atomic E-state index is 12.5. The monoisotopic (exact) mass is 384 g/mol. The number of carbonyl (C=O) groups is 1. The number of carbonyl (C=O) groups excluding carboxylic acids is 1. The van der Waals surface area contributed by atoms with Crippen molar-refractivity contribution in [3.63, 3.8) is 0 Å². The fourth-order valence-corrected chi connectivity index (χ4v) is 4.38. The van der Waals surface area contributed by atoms with Gasteiger partial charge >= 0.3 is 5.69 Å². The molecule has 140 valence electrons. The van der Waals surface area contributed by atoms with Gasteiger partial charge < -0.3 is 5.32 Å². The van der Waals surface area contributed by atoms with Gasteiger partial charge in [0.15, 0.2) is 0 Å². The lowest BCUT2D eigenvalue weighted by Gasteiger charge is -2.20. The first-order chi connectivity index (χ1) is 13.1. The van der Waals surface area contributed by atoms with E-state index >= 15 is 0 Å². The molecule has 0 aromatic carbocycles. The lowest BCUT2D eigenvalue weighted by Crippen LogP contribution is -2.35. The molecule has 1 amide bonds. The summed E-state index contributed by atoms with van der Waals surface area (Å²) in [7, 11) is 1.66. The molecule has 0 saturated carbocycles. The maximum Gasteiger partial charge on any atom is 0.343 e. The van der Waals surface area contributed by atoms with Crippen LogP contribution in [0.2, 0.25) is 0 Å². The van der Waals surface area contributed by atoms with Crippen molar-refractivity contribution in [1.29, 1.82) is 0 Å². The van der Waals surface area contributed by atoms with Crippen molar-refractivity contribution in [2.45, 2.75) is 25.7 Å². The van der Waals surface area contributed by atoms with Gasteiger partial charge in [-0.25, -0.2) is 14.9 Å². The number of hydrogen-bond donors (Lipinski definition) is 2. The quantitative estimate of drug-likeness (QED) is 0.685. The van der Waals surface area contributed by atoms with Gasteiger partial charge in [-0.1, -0.05) is 0 Å². The fraction of sp³-hybridized carbons (Fsp3) is 0.389. The minimum atomic E-state index is -0.246. The van der Waals surface area contributed by atoms with Crippen LogP contribution in [0.4, 0.5) is 0 Å². The average Bonchev–Trinajstić information content (AvgIpc) is 3.26. The number of hydrogen-bond acceptors (Lipinski definition) is 6. The molecule has 27 heavy (non-hydrogen) atoms. The largest absolute Gasteiger partial charge is 0.355 e. The molecule has 0 bridgehead atoms. The Labute approximate surface area is 159 Å². The van der Waals surface area contributed by atoms with Crippen molar-refractivity contribution in [3.05, 3.63) is 51.4 Å². The van der Waals surface area contributed by atoms with Crippen LogP contribution in [0.3, 0.4) is 0 Å². The first-order valence-electron chi connectivity index (χ1n) is 8.89. The molecular weight excluding hydrogens is 364 g/mol. The molecule has 1 aliphatic carbocycles. The second-order valence-electron chi connectivity index (χ2n) is 6.61.